The fraction of sp³-hybridized carbons (Fsp3) is 0.400. The first-order valence-electron chi connectivity index (χ1n) is 6.61. The van der Waals surface area contributed by atoms with Crippen LogP contribution in [0.25, 0.3) is 11.3 Å². The number of aromatic nitrogens is 1. The van der Waals surface area contributed by atoms with Crippen molar-refractivity contribution in [1.29, 1.82) is 0 Å². The number of ether oxygens (including phenoxy) is 1. The summed E-state index contributed by atoms with van der Waals surface area (Å²) in [5, 5.41) is 0. The first kappa shape index (κ1) is 13.6. The fourth-order valence-electron chi connectivity index (χ4n) is 1.81. The Morgan fingerprint density at radius 1 is 1.37 bits per heavy atom. The van der Waals surface area contributed by atoms with Gasteiger partial charge >= 0.3 is 0 Å². The minimum absolute atomic E-state index is 0.157. The molecule has 1 aromatic heterocycles. The van der Waals surface area contributed by atoms with Gasteiger partial charge in [0.25, 0.3) is 0 Å². The lowest BCUT2D eigenvalue weighted by Crippen LogP contribution is -2.05. The van der Waals surface area contributed by atoms with Gasteiger partial charge in [0.1, 0.15) is 5.75 Å². The maximum atomic E-state index is 5.71. The van der Waals surface area contributed by atoms with Crippen LogP contribution in [0, 0.1) is 0 Å². The number of hydrogen-bond acceptors (Lipinski definition) is 4. The Bertz CT molecular complexity index is 520. The van der Waals surface area contributed by atoms with E-state index in [1.165, 1.54) is 0 Å². The highest BCUT2D eigenvalue weighted by molar-refractivity contribution is 5.58. The molecule has 0 fully saturated rings. The quantitative estimate of drug-likeness (QED) is 0.867. The maximum Gasteiger partial charge on any atom is 0.194 e. The van der Waals surface area contributed by atoms with Crippen molar-refractivity contribution in [3.8, 4) is 17.1 Å². The molecule has 0 aliphatic heterocycles. The monoisotopic (exact) mass is 260 g/mol. The van der Waals surface area contributed by atoms with Crippen molar-refractivity contribution in [3.63, 3.8) is 0 Å². The second-order valence-electron chi connectivity index (χ2n) is 4.70. The standard InChI is InChI=1S/C15H20N2O2/c1-11(2)18-13-6-3-5-12(9-13)14-10-17-15(19-14)7-4-8-16/h3,5-6,9-11H,4,7-8,16H2,1-2H3. The molecule has 2 aromatic rings. The van der Waals surface area contributed by atoms with Crippen molar-refractivity contribution in [2.75, 3.05) is 6.54 Å². The van der Waals surface area contributed by atoms with Crippen molar-refractivity contribution >= 4 is 0 Å². The first-order chi connectivity index (χ1) is 9.19. The van der Waals surface area contributed by atoms with E-state index in [2.05, 4.69) is 4.98 Å². The maximum absolute atomic E-state index is 5.71. The number of nitrogens with two attached hydrogens (primary N) is 1. The van der Waals surface area contributed by atoms with Gasteiger partial charge in [0.15, 0.2) is 11.7 Å². The molecular weight excluding hydrogens is 240 g/mol. The Balaban J connectivity index is 2.14. The van der Waals surface area contributed by atoms with Gasteiger partial charge in [0, 0.05) is 12.0 Å². The van der Waals surface area contributed by atoms with Crippen LogP contribution in [-0.2, 0) is 6.42 Å². The zero-order valence-electron chi connectivity index (χ0n) is 11.4. The third-order valence-electron chi connectivity index (χ3n) is 2.64. The molecule has 0 radical (unpaired) electrons. The molecule has 0 spiro atoms. The Hall–Kier alpha value is -1.81. The number of aryl methyl sites for hydroxylation is 1. The summed E-state index contributed by atoms with van der Waals surface area (Å²) in [5.41, 5.74) is 6.45. The molecule has 2 rings (SSSR count). The molecule has 0 aliphatic carbocycles. The molecule has 102 valence electrons. The predicted octanol–water partition coefficient (Wildman–Crippen LogP) is 3.02. The van der Waals surface area contributed by atoms with E-state index in [1.807, 2.05) is 38.1 Å². The van der Waals surface area contributed by atoms with Crippen LogP contribution in [0.4, 0.5) is 0 Å². The minimum atomic E-state index is 0.157. The molecule has 2 N–H and O–H groups in total. The lowest BCUT2D eigenvalue weighted by Gasteiger charge is -2.09. The molecular formula is C15H20N2O2. The van der Waals surface area contributed by atoms with Gasteiger partial charge in [-0.25, -0.2) is 4.98 Å². The molecule has 0 atom stereocenters. The topological polar surface area (TPSA) is 61.3 Å². The summed E-state index contributed by atoms with van der Waals surface area (Å²) in [6, 6.07) is 7.85. The second kappa shape index (κ2) is 6.38. The SMILES string of the molecule is CC(C)Oc1cccc(-c2cnc(CCCN)o2)c1. The summed E-state index contributed by atoms with van der Waals surface area (Å²) < 4.78 is 11.4. The summed E-state index contributed by atoms with van der Waals surface area (Å²) in [5.74, 6) is 2.34. The van der Waals surface area contributed by atoms with Gasteiger partial charge in [-0.05, 0) is 38.9 Å². The summed E-state index contributed by atoms with van der Waals surface area (Å²) in [6.45, 7) is 4.66. The molecule has 0 amide bonds. The van der Waals surface area contributed by atoms with Crippen LogP contribution in [0.5, 0.6) is 5.75 Å². The van der Waals surface area contributed by atoms with Crippen LogP contribution in [-0.4, -0.2) is 17.6 Å². The van der Waals surface area contributed by atoms with Crippen molar-refractivity contribution < 1.29 is 9.15 Å². The molecule has 0 unspecified atom stereocenters. The molecule has 0 aliphatic rings. The highest BCUT2D eigenvalue weighted by Crippen LogP contribution is 2.25. The third-order valence-corrected chi connectivity index (χ3v) is 2.64. The zero-order valence-corrected chi connectivity index (χ0v) is 11.4. The number of hydrogen-bond donors (Lipinski definition) is 1. The lowest BCUT2D eigenvalue weighted by molar-refractivity contribution is 0.242. The van der Waals surface area contributed by atoms with Gasteiger partial charge in [0.2, 0.25) is 0 Å². The third kappa shape index (κ3) is 3.83. The van der Waals surface area contributed by atoms with Crippen LogP contribution in [0.1, 0.15) is 26.2 Å². The van der Waals surface area contributed by atoms with Crippen molar-refractivity contribution in [2.24, 2.45) is 5.73 Å². The van der Waals surface area contributed by atoms with Crippen molar-refractivity contribution in [2.45, 2.75) is 32.8 Å². The van der Waals surface area contributed by atoms with Gasteiger partial charge in [-0.15, -0.1) is 0 Å². The van der Waals surface area contributed by atoms with Crippen LogP contribution in [0.2, 0.25) is 0 Å². The zero-order chi connectivity index (χ0) is 13.7. The predicted molar refractivity (Wildman–Crippen MR) is 75.1 cm³/mol. The van der Waals surface area contributed by atoms with E-state index in [4.69, 9.17) is 14.9 Å². The van der Waals surface area contributed by atoms with Crippen LogP contribution in [0.3, 0.4) is 0 Å². The molecule has 4 heteroatoms. The van der Waals surface area contributed by atoms with E-state index < -0.39 is 0 Å². The molecule has 0 saturated carbocycles. The van der Waals surface area contributed by atoms with E-state index in [1.54, 1.807) is 6.20 Å². The summed E-state index contributed by atoms with van der Waals surface area (Å²) in [4.78, 5) is 4.26. The Morgan fingerprint density at radius 3 is 2.95 bits per heavy atom. The highest BCUT2D eigenvalue weighted by atomic mass is 16.5. The smallest absolute Gasteiger partial charge is 0.194 e. The summed E-state index contributed by atoms with van der Waals surface area (Å²) in [6.07, 6.45) is 3.57. The fourth-order valence-corrected chi connectivity index (χ4v) is 1.81. The Morgan fingerprint density at radius 2 is 2.21 bits per heavy atom. The number of rotatable bonds is 6. The summed E-state index contributed by atoms with van der Waals surface area (Å²) >= 11 is 0. The second-order valence-corrected chi connectivity index (χ2v) is 4.70. The van der Waals surface area contributed by atoms with E-state index in [-0.39, 0.29) is 6.10 Å². The van der Waals surface area contributed by atoms with Gasteiger partial charge in [0.05, 0.1) is 12.3 Å². The normalized spacial score (nSPS) is 10.9. The first-order valence-corrected chi connectivity index (χ1v) is 6.61. The lowest BCUT2D eigenvalue weighted by atomic mass is 10.2. The van der Waals surface area contributed by atoms with Crippen molar-refractivity contribution in [3.05, 3.63) is 36.4 Å². The Labute approximate surface area is 113 Å². The van der Waals surface area contributed by atoms with E-state index >= 15 is 0 Å². The molecule has 4 nitrogen and oxygen atoms in total. The van der Waals surface area contributed by atoms with Crippen molar-refractivity contribution in [1.82, 2.24) is 4.98 Å². The van der Waals surface area contributed by atoms with Gasteiger partial charge in [-0.2, -0.15) is 0 Å². The summed E-state index contributed by atoms with van der Waals surface area (Å²) in [7, 11) is 0. The van der Waals surface area contributed by atoms with Gasteiger partial charge in [-0.3, -0.25) is 0 Å². The van der Waals surface area contributed by atoms with E-state index in [0.717, 1.165) is 35.8 Å². The number of benzene rings is 1. The van der Waals surface area contributed by atoms with E-state index in [0.29, 0.717) is 6.54 Å². The van der Waals surface area contributed by atoms with Crippen LogP contribution < -0.4 is 10.5 Å². The van der Waals surface area contributed by atoms with Crippen LogP contribution in [0.15, 0.2) is 34.9 Å². The van der Waals surface area contributed by atoms with Gasteiger partial charge in [-0.1, -0.05) is 12.1 Å². The van der Waals surface area contributed by atoms with Crippen LogP contribution >= 0.6 is 0 Å². The highest BCUT2D eigenvalue weighted by Gasteiger charge is 2.07. The molecule has 0 bridgehead atoms. The molecule has 1 heterocycles. The molecule has 1 aromatic carbocycles. The number of nitrogens with zero attached hydrogens (tertiary/aromatic N) is 1. The molecule has 0 saturated heterocycles. The van der Waals surface area contributed by atoms with Gasteiger partial charge < -0.3 is 14.9 Å². The number of oxazole rings is 1. The average Bonchev–Trinajstić information content (AvgIpc) is 2.84. The molecule has 19 heavy (non-hydrogen) atoms. The average molecular weight is 260 g/mol. The Kier molecular flexibility index (Phi) is 4.58. The minimum Gasteiger partial charge on any atom is -0.491 e. The largest absolute Gasteiger partial charge is 0.491 e. The van der Waals surface area contributed by atoms with E-state index in [9.17, 15) is 0 Å².